The van der Waals surface area contributed by atoms with E-state index in [0.717, 1.165) is 44.9 Å². The van der Waals surface area contributed by atoms with E-state index >= 15 is 0 Å². The Morgan fingerprint density at radius 2 is 1.93 bits per heavy atom. The Morgan fingerprint density at radius 3 is 2.48 bits per heavy atom. The minimum Gasteiger partial charge on any atom is -0.369 e. The summed E-state index contributed by atoms with van der Waals surface area (Å²) in [6.45, 7) is 3.12. The number of halogens is 1. The number of likely N-dealkylation sites (tertiary alicyclic amines) is 1. The van der Waals surface area contributed by atoms with Crippen molar-refractivity contribution in [3.63, 3.8) is 0 Å². The van der Waals surface area contributed by atoms with Gasteiger partial charge in [0.1, 0.15) is 0 Å². The van der Waals surface area contributed by atoms with Crippen molar-refractivity contribution in [3.8, 4) is 0 Å². The second-order valence-corrected chi connectivity index (χ2v) is 7.75. The monoisotopic (exact) mass is 485 g/mol. The molecule has 0 aromatic heterocycles. The Hall–Kier alpha value is -1.35. The van der Waals surface area contributed by atoms with Crippen LogP contribution < -0.4 is 16.4 Å². The number of carbonyl (C=O) groups excluding carboxylic acids is 1. The molecule has 4 N–H and O–H groups in total. The van der Waals surface area contributed by atoms with E-state index in [1.807, 2.05) is 7.05 Å². The molecule has 1 aromatic rings. The average molecular weight is 485 g/mol. The molecular weight excluding hydrogens is 453 g/mol. The van der Waals surface area contributed by atoms with Gasteiger partial charge in [0.15, 0.2) is 5.96 Å². The molecule has 0 bridgehead atoms. The zero-order valence-electron chi connectivity index (χ0n) is 16.1. The zero-order valence-corrected chi connectivity index (χ0v) is 18.4. The third kappa shape index (κ3) is 6.95. The highest BCUT2D eigenvalue weighted by Gasteiger charge is 2.42. The molecule has 2 aliphatic rings. The van der Waals surface area contributed by atoms with E-state index < -0.39 is 0 Å². The van der Waals surface area contributed by atoms with E-state index in [9.17, 15) is 4.79 Å². The van der Waals surface area contributed by atoms with E-state index in [0.29, 0.717) is 18.0 Å². The summed E-state index contributed by atoms with van der Waals surface area (Å²) in [5.74, 6) is 0.639. The lowest BCUT2D eigenvalue weighted by atomic mass is 9.96. The first-order valence-corrected chi connectivity index (χ1v) is 9.60. The molecule has 27 heavy (non-hydrogen) atoms. The number of aliphatic imine (C=N–C) groups is 1. The maximum absolute atomic E-state index is 11.0. The standard InChI is InChI=1S/C20H31N5O.HI/c1-22-19(24-17-7-11-25(12-8-17)14-18(21)26)23-15-20(9-10-20)13-16-5-3-2-4-6-16;/h2-6,17H,7-15H2,1H3,(H2,21,26)(H2,22,23,24);1H. The summed E-state index contributed by atoms with van der Waals surface area (Å²) in [5.41, 5.74) is 7.07. The fourth-order valence-corrected chi connectivity index (χ4v) is 3.74. The lowest BCUT2D eigenvalue weighted by Crippen LogP contribution is -2.50. The molecule has 1 aliphatic carbocycles. The van der Waals surface area contributed by atoms with Gasteiger partial charge in [-0.15, -0.1) is 24.0 Å². The first-order chi connectivity index (χ1) is 12.6. The van der Waals surface area contributed by atoms with E-state index in [-0.39, 0.29) is 29.9 Å². The van der Waals surface area contributed by atoms with Crippen molar-refractivity contribution in [2.45, 2.75) is 38.1 Å². The van der Waals surface area contributed by atoms with Crippen LogP contribution in [0, 0.1) is 5.41 Å². The Balaban J connectivity index is 0.00000261. The number of nitrogens with zero attached hydrogens (tertiary/aromatic N) is 2. The first kappa shape index (κ1) is 21.9. The Morgan fingerprint density at radius 1 is 1.26 bits per heavy atom. The van der Waals surface area contributed by atoms with Crippen molar-refractivity contribution in [1.82, 2.24) is 15.5 Å². The maximum Gasteiger partial charge on any atom is 0.231 e. The van der Waals surface area contributed by atoms with E-state index in [1.54, 1.807) is 0 Å². The minimum absolute atomic E-state index is 0. The summed E-state index contributed by atoms with van der Waals surface area (Å²) in [4.78, 5) is 17.5. The SMILES string of the molecule is CN=C(NCC1(Cc2ccccc2)CC1)NC1CCN(CC(N)=O)CC1.I. The number of amides is 1. The number of benzene rings is 1. The maximum atomic E-state index is 11.0. The predicted molar refractivity (Wildman–Crippen MR) is 120 cm³/mol. The van der Waals surface area contributed by atoms with E-state index in [2.05, 4.69) is 50.9 Å². The number of nitrogens with two attached hydrogens (primary N) is 1. The van der Waals surface area contributed by atoms with Crippen LogP contribution in [0.25, 0.3) is 0 Å². The Bertz CT molecular complexity index is 625. The summed E-state index contributed by atoms with van der Waals surface area (Å²) >= 11 is 0. The van der Waals surface area contributed by atoms with Crippen LogP contribution in [-0.4, -0.2) is 56.0 Å². The van der Waals surface area contributed by atoms with Gasteiger partial charge in [0.2, 0.25) is 5.91 Å². The highest BCUT2D eigenvalue weighted by molar-refractivity contribution is 14.0. The molecule has 0 unspecified atom stereocenters. The number of nitrogens with one attached hydrogen (secondary N) is 2. The summed E-state index contributed by atoms with van der Waals surface area (Å²) in [5, 5.41) is 7.07. The van der Waals surface area contributed by atoms with Crippen molar-refractivity contribution < 1.29 is 4.79 Å². The minimum atomic E-state index is -0.248. The quantitative estimate of drug-likeness (QED) is 0.312. The van der Waals surface area contributed by atoms with Crippen LogP contribution in [0.5, 0.6) is 0 Å². The molecule has 0 spiro atoms. The van der Waals surface area contributed by atoms with Crippen LogP contribution in [0.1, 0.15) is 31.2 Å². The van der Waals surface area contributed by atoms with Gasteiger partial charge in [0.25, 0.3) is 0 Å². The van der Waals surface area contributed by atoms with E-state index in [4.69, 9.17) is 5.73 Å². The van der Waals surface area contributed by atoms with Gasteiger partial charge in [-0.1, -0.05) is 30.3 Å². The molecule has 1 aliphatic heterocycles. The molecule has 1 amide bonds. The van der Waals surface area contributed by atoms with Crippen LogP contribution in [0.4, 0.5) is 0 Å². The van der Waals surface area contributed by atoms with Gasteiger partial charge in [0, 0.05) is 32.7 Å². The molecule has 150 valence electrons. The number of primary amides is 1. The average Bonchev–Trinajstić information content (AvgIpc) is 3.40. The molecular formula is C20H32IN5O. The third-order valence-electron chi connectivity index (χ3n) is 5.54. The number of hydrogen-bond donors (Lipinski definition) is 3. The second-order valence-electron chi connectivity index (χ2n) is 7.75. The van der Waals surface area contributed by atoms with Crippen LogP contribution in [0.15, 0.2) is 35.3 Å². The van der Waals surface area contributed by atoms with Crippen molar-refractivity contribution in [1.29, 1.82) is 0 Å². The number of carbonyl (C=O) groups is 1. The molecule has 6 nitrogen and oxygen atoms in total. The van der Waals surface area contributed by atoms with Crippen molar-refractivity contribution in [2.75, 3.05) is 33.2 Å². The predicted octanol–water partition coefficient (Wildman–Crippen LogP) is 1.74. The number of guanidine groups is 1. The van der Waals surface area contributed by atoms with Gasteiger partial charge in [-0.25, -0.2) is 0 Å². The molecule has 0 radical (unpaired) electrons. The Kier molecular flexibility index (Phi) is 8.34. The van der Waals surface area contributed by atoms with Crippen molar-refractivity contribution >= 4 is 35.8 Å². The van der Waals surface area contributed by atoms with Gasteiger partial charge in [-0.3, -0.25) is 14.7 Å². The van der Waals surface area contributed by atoms with Crippen LogP contribution in [0.2, 0.25) is 0 Å². The number of rotatable bonds is 7. The van der Waals surface area contributed by atoms with Crippen molar-refractivity contribution in [3.05, 3.63) is 35.9 Å². The van der Waals surface area contributed by atoms with Gasteiger partial charge in [0.05, 0.1) is 6.54 Å². The topological polar surface area (TPSA) is 82.8 Å². The normalized spacial score (nSPS) is 19.8. The zero-order chi connectivity index (χ0) is 18.4. The summed E-state index contributed by atoms with van der Waals surface area (Å²) in [7, 11) is 1.83. The second kappa shape index (κ2) is 10.3. The van der Waals surface area contributed by atoms with Crippen LogP contribution in [-0.2, 0) is 11.2 Å². The summed E-state index contributed by atoms with van der Waals surface area (Å²) in [6.07, 6.45) is 5.68. The smallest absolute Gasteiger partial charge is 0.231 e. The number of piperidine rings is 1. The van der Waals surface area contributed by atoms with Gasteiger partial charge >= 0.3 is 0 Å². The molecule has 1 saturated heterocycles. The molecule has 3 rings (SSSR count). The van der Waals surface area contributed by atoms with Gasteiger partial charge in [-0.2, -0.15) is 0 Å². The Labute approximate surface area is 179 Å². The van der Waals surface area contributed by atoms with Gasteiger partial charge in [-0.05, 0) is 43.1 Å². The summed E-state index contributed by atoms with van der Waals surface area (Å²) in [6, 6.07) is 11.1. The van der Waals surface area contributed by atoms with E-state index in [1.165, 1.54) is 18.4 Å². The fourth-order valence-electron chi connectivity index (χ4n) is 3.74. The van der Waals surface area contributed by atoms with Crippen LogP contribution in [0.3, 0.4) is 0 Å². The highest BCUT2D eigenvalue weighted by atomic mass is 127. The third-order valence-corrected chi connectivity index (χ3v) is 5.54. The molecule has 7 heteroatoms. The first-order valence-electron chi connectivity index (χ1n) is 9.60. The highest BCUT2D eigenvalue weighted by Crippen LogP contribution is 2.47. The number of hydrogen-bond acceptors (Lipinski definition) is 3. The van der Waals surface area contributed by atoms with Gasteiger partial charge < -0.3 is 16.4 Å². The fraction of sp³-hybridized carbons (Fsp3) is 0.600. The lowest BCUT2D eigenvalue weighted by Gasteiger charge is -2.32. The summed E-state index contributed by atoms with van der Waals surface area (Å²) < 4.78 is 0. The van der Waals surface area contributed by atoms with Crippen molar-refractivity contribution in [2.24, 2.45) is 16.1 Å². The molecule has 2 fully saturated rings. The molecule has 0 atom stereocenters. The van der Waals surface area contributed by atoms with Crippen LogP contribution >= 0.6 is 24.0 Å². The largest absolute Gasteiger partial charge is 0.369 e. The molecule has 1 heterocycles. The molecule has 1 saturated carbocycles. The molecule has 1 aromatic carbocycles. The lowest BCUT2D eigenvalue weighted by molar-refractivity contribution is -0.119.